The molecule has 0 amide bonds. The zero-order chi connectivity index (χ0) is 34.7. The van der Waals surface area contributed by atoms with Crippen LogP contribution in [0.15, 0.2) is 106 Å². The summed E-state index contributed by atoms with van der Waals surface area (Å²) in [6.07, 6.45) is 1.67. The summed E-state index contributed by atoms with van der Waals surface area (Å²) in [5.74, 6) is 0.0130. The Morgan fingerprint density at radius 3 is 2.41 bits per heavy atom. The lowest BCUT2D eigenvalue weighted by molar-refractivity contribution is -0.384. The average Bonchev–Trinajstić information content (AvgIpc) is 3.41. The molecule has 0 N–H and O–H groups in total. The van der Waals surface area contributed by atoms with E-state index in [0.717, 1.165) is 0 Å². The molecule has 1 aliphatic heterocycles. The van der Waals surface area contributed by atoms with Crippen LogP contribution in [-0.2, 0) is 16.1 Å². The van der Waals surface area contributed by atoms with E-state index in [2.05, 4.69) is 0 Å². The lowest BCUT2D eigenvalue weighted by Crippen LogP contribution is -2.40. The molecule has 10 nitrogen and oxygen atoms in total. The number of carbonyl (C=O) groups excluding carboxylic acids is 1. The van der Waals surface area contributed by atoms with Gasteiger partial charge in [0.05, 0.1) is 45.5 Å². The molecule has 248 valence electrons. The minimum absolute atomic E-state index is 0.0260. The standard InChI is InChI=1S/C36H27Cl2N3O7S/c1-3-47-35(43)30-31(23-7-5-4-6-8-23)39-36-40(32(30)24-11-13-25(37)14-12-24)34(42)29(49-36)19-22-17-27(38)33(28(18-22)46-2)48-20-21-9-15-26(16-10-21)41(44)45/h4-19,32H,3,20H2,1-2H3/b29-19-/t32-/m0/s1. The van der Waals surface area contributed by atoms with Crippen LogP contribution in [0.3, 0.4) is 0 Å². The van der Waals surface area contributed by atoms with Gasteiger partial charge in [-0.1, -0.05) is 77.0 Å². The predicted molar refractivity (Wildman–Crippen MR) is 188 cm³/mol. The minimum Gasteiger partial charge on any atom is -0.493 e. The van der Waals surface area contributed by atoms with Crippen LogP contribution in [0, 0.1) is 10.1 Å². The highest BCUT2D eigenvalue weighted by atomic mass is 35.5. The van der Waals surface area contributed by atoms with Gasteiger partial charge in [0.15, 0.2) is 16.3 Å². The number of nitro groups is 1. The third-order valence-corrected chi connectivity index (χ3v) is 9.15. The Morgan fingerprint density at radius 2 is 1.76 bits per heavy atom. The normalized spacial score (nSPS) is 14.2. The van der Waals surface area contributed by atoms with E-state index < -0.39 is 16.9 Å². The molecule has 0 fully saturated rings. The maximum atomic E-state index is 14.2. The number of esters is 1. The topological polar surface area (TPSA) is 122 Å². The van der Waals surface area contributed by atoms with Crippen LogP contribution in [0.5, 0.6) is 11.5 Å². The summed E-state index contributed by atoms with van der Waals surface area (Å²) in [4.78, 5) is 43.6. The molecule has 4 aromatic carbocycles. The van der Waals surface area contributed by atoms with Crippen molar-refractivity contribution in [2.45, 2.75) is 19.6 Å². The monoisotopic (exact) mass is 715 g/mol. The van der Waals surface area contributed by atoms with Gasteiger partial charge in [-0.25, -0.2) is 9.79 Å². The summed E-state index contributed by atoms with van der Waals surface area (Å²) in [5.41, 5.74) is 2.85. The van der Waals surface area contributed by atoms with Crippen LogP contribution in [0.4, 0.5) is 5.69 Å². The summed E-state index contributed by atoms with van der Waals surface area (Å²) < 4.78 is 18.9. The van der Waals surface area contributed by atoms with Gasteiger partial charge in [-0.2, -0.15) is 0 Å². The van der Waals surface area contributed by atoms with Crippen molar-refractivity contribution in [3.05, 3.63) is 159 Å². The predicted octanol–water partition coefficient (Wildman–Crippen LogP) is 6.74. The first-order chi connectivity index (χ1) is 23.7. The van der Waals surface area contributed by atoms with Crippen LogP contribution in [0.2, 0.25) is 10.0 Å². The third kappa shape index (κ3) is 7.00. The Morgan fingerprint density at radius 1 is 1.04 bits per heavy atom. The maximum Gasteiger partial charge on any atom is 0.338 e. The fourth-order valence-corrected chi connectivity index (χ4v) is 6.79. The molecule has 1 aromatic heterocycles. The van der Waals surface area contributed by atoms with E-state index >= 15 is 0 Å². The van der Waals surface area contributed by atoms with Crippen molar-refractivity contribution in [2.75, 3.05) is 13.7 Å². The van der Waals surface area contributed by atoms with E-state index in [0.29, 0.717) is 48.1 Å². The number of rotatable bonds is 10. The summed E-state index contributed by atoms with van der Waals surface area (Å²) in [6, 6.07) is 24.7. The molecule has 0 radical (unpaired) electrons. The van der Waals surface area contributed by atoms with Gasteiger partial charge in [0.2, 0.25) is 0 Å². The second kappa shape index (κ2) is 14.5. The highest BCUT2D eigenvalue weighted by molar-refractivity contribution is 7.07. The fourth-order valence-electron chi connectivity index (χ4n) is 5.38. The third-order valence-electron chi connectivity index (χ3n) is 7.64. The van der Waals surface area contributed by atoms with Crippen LogP contribution in [0.25, 0.3) is 11.8 Å². The number of halogens is 2. The molecule has 13 heteroatoms. The summed E-state index contributed by atoms with van der Waals surface area (Å²) in [6.45, 7) is 1.94. The molecule has 0 aliphatic carbocycles. The number of fused-ring (bicyclic) bond motifs is 1. The molecule has 1 atom stereocenters. The number of ether oxygens (including phenoxy) is 3. The zero-order valence-corrected chi connectivity index (χ0v) is 28.4. The SMILES string of the molecule is CCOC(=O)C1=C(c2ccccc2)N=c2s/c(=C\c3cc(Cl)c(OCc4ccc([N+](=O)[O-])cc4)c(OC)c3)c(=O)n2[C@H]1c1ccc(Cl)cc1. The van der Waals surface area contributed by atoms with Crippen LogP contribution in [0.1, 0.15) is 35.2 Å². The van der Waals surface area contributed by atoms with Crippen molar-refractivity contribution in [3.63, 3.8) is 0 Å². The zero-order valence-electron chi connectivity index (χ0n) is 26.1. The Bertz CT molecular complexity index is 2270. The summed E-state index contributed by atoms with van der Waals surface area (Å²) in [7, 11) is 1.47. The molecular weight excluding hydrogens is 689 g/mol. The molecule has 0 saturated carbocycles. The van der Waals surface area contributed by atoms with Crippen molar-refractivity contribution in [3.8, 4) is 11.5 Å². The number of aromatic nitrogens is 1. The Kier molecular flexibility index (Phi) is 9.95. The summed E-state index contributed by atoms with van der Waals surface area (Å²) in [5, 5.41) is 11.7. The highest BCUT2D eigenvalue weighted by Crippen LogP contribution is 2.38. The van der Waals surface area contributed by atoms with E-state index in [9.17, 15) is 19.7 Å². The highest BCUT2D eigenvalue weighted by Gasteiger charge is 2.35. The molecule has 0 saturated heterocycles. The Balaban J connectivity index is 1.45. The van der Waals surface area contributed by atoms with E-state index in [1.807, 2.05) is 30.3 Å². The van der Waals surface area contributed by atoms with Crippen LogP contribution >= 0.6 is 34.5 Å². The number of methoxy groups -OCH3 is 1. The Labute approximate surface area is 293 Å². The first-order valence-electron chi connectivity index (χ1n) is 15.0. The Hall–Kier alpha value is -5.23. The van der Waals surface area contributed by atoms with E-state index in [1.165, 1.54) is 35.1 Å². The van der Waals surface area contributed by atoms with Gasteiger partial charge in [-0.05, 0) is 66.1 Å². The van der Waals surface area contributed by atoms with Crippen molar-refractivity contribution in [1.29, 1.82) is 0 Å². The largest absolute Gasteiger partial charge is 0.493 e. The number of non-ortho nitro benzene ring substituents is 1. The number of hydrogen-bond acceptors (Lipinski definition) is 9. The molecule has 0 spiro atoms. The molecule has 0 unspecified atom stereocenters. The number of thiazole rings is 1. The number of nitro benzene ring substituents is 1. The van der Waals surface area contributed by atoms with Gasteiger partial charge in [0, 0.05) is 22.7 Å². The van der Waals surface area contributed by atoms with Crippen molar-refractivity contribution < 1.29 is 23.9 Å². The quantitative estimate of drug-likeness (QED) is 0.0892. The number of benzene rings is 4. The average molecular weight is 717 g/mol. The van der Waals surface area contributed by atoms with E-state index in [1.54, 1.807) is 61.5 Å². The molecule has 2 heterocycles. The lowest BCUT2D eigenvalue weighted by Gasteiger charge is -2.25. The second-order valence-electron chi connectivity index (χ2n) is 10.7. The van der Waals surface area contributed by atoms with Gasteiger partial charge in [0.1, 0.15) is 6.61 Å². The first-order valence-corrected chi connectivity index (χ1v) is 16.5. The van der Waals surface area contributed by atoms with Crippen molar-refractivity contribution in [1.82, 2.24) is 4.57 Å². The molecule has 0 bridgehead atoms. The number of carbonyl (C=O) groups is 1. The lowest BCUT2D eigenvalue weighted by atomic mass is 9.93. The van der Waals surface area contributed by atoms with E-state index in [4.69, 9.17) is 42.4 Å². The summed E-state index contributed by atoms with van der Waals surface area (Å²) >= 11 is 14.0. The second-order valence-corrected chi connectivity index (χ2v) is 12.6. The van der Waals surface area contributed by atoms with Gasteiger partial charge in [-0.3, -0.25) is 19.5 Å². The van der Waals surface area contributed by atoms with Gasteiger partial charge in [-0.15, -0.1) is 0 Å². The van der Waals surface area contributed by atoms with Gasteiger partial charge in [0.25, 0.3) is 11.2 Å². The minimum atomic E-state index is -0.849. The molecule has 5 aromatic rings. The fraction of sp³-hybridized carbons (Fsp3) is 0.139. The molecule has 49 heavy (non-hydrogen) atoms. The van der Waals surface area contributed by atoms with Crippen LogP contribution < -0.4 is 24.4 Å². The first kappa shape index (κ1) is 33.7. The van der Waals surface area contributed by atoms with E-state index in [-0.39, 0.29) is 40.8 Å². The number of nitrogens with zero attached hydrogens (tertiary/aromatic N) is 3. The van der Waals surface area contributed by atoms with Crippen molar-refractivity contribution >= 4 is 58.0 Å². The molecule has 6 rings (SSSR count). The smallest absolute Gasteiger partial charge is 0.338 e. The van der Waals surface area contributed by atoms with Gasteiger partial charge >= 0.3 is 5.97 Å². The molecule has 1 aliphatic rings. The van der Waals surface area contributed by atoms with Crippen molar-refractivity contribution in [2.24, 2.45) is 4.99 Å². The number of hydrogen-bond donors (Lipinski definition) is 0. The van der Waals surface area contributed by atoms with Crippen LogP contribution in [-0.4, -0.2) is 29.2 Å². The van der Waals surface area contributed by atoms with Gasteiger partial charge < -0.3 is 14.2 Å². The maximum absolute atomic E-state index is 14.2. The molecular formula is C36H27Cl2N3O7S.